The van der Waals surface area contributed by atoms with Crippen molar-refractivity contribution >= 4 is 17.4 Å². The molecule has 1 heterocycles. The van der Waals surface area contributed by atoms with E-state index in [1.165, 1.54) is 4.88 Å². The summed E-state index contributed by atoms with van der Waals surface area (Å²) in [5.74, 6) is 0. The van der Waals surface area contributed by atoms with Crippen molar-refractivity contribution in [2.75, 3.05) is 6.61 Å². The average molecular weight is 166 g/mol. The minimum absolute atomic E-state index is 0.700. The van der Waals surface area contributed by atoms with Crippen LogP contribution in [0.15, 0.2) is 29.5 Å². The molecule has 0 bridgehead atoms. The molecule has 11 heavy (non-hydrogen) atoms. The van der Waals surface area contributed by atoms with Crippen LogP contribution in [0.5, 0.6) is 0 Å². The van der Waals surface area contributed by atoms with E-state index in [0.717, 1.165) is 0 Å². The first-order valence-corrected chi connectivity index (χ1v) is 4.37. The highest BCUT2D eigenvalue weighted by Gasteiger charge is 1.81. The molecule has 0 aromatic carbocycles. The fourth-order valence-corrected chi connectivity index (χ4v) is 1.23. The van der Waals surface area contributed by atoms with E-state index >= 15 is 0 Å². The van der Waals surface area contributed by atoms with E-state index in [1.807, 2.05) is 30.5 Å². The smallest absolute Gasteiger partial charge is 0.125 e. The predicted octanol–water partition coefficient (Wildman–Crippen LogP) is 2.91. The van der Waals surface area contributed by atoms with Crippen molar-refractivity contribution in [3.8, 4) is 0 Å². The first kappa shape index (κ1) is 8.12. The predicted molar refractivity (Wildman–Crippen MR) is 48.5 cm³/mol. The van der Waals surface area contributed by atoms with Crippen molar-refractivity contribution in [3.63, 3.8) is 0 Å². The van der Waals surface area contributed by atoms with E-state index in [0.29, 0.717) is 6.61 Å². The zero-order chi connectivity index (χ0) is 7.94. The van der Waals surface area contributed by atoms with Crippen molar-refractivity contribution in [1.82, 2.24) is 0 Å². The second-order valence-electron chi connectivity index (χ2n) is 1.90. The van der Waals surface area contributed by atoms with Crippen LogP contribution in [-0.4, -0.2) is 6.61 Å². The molecule has 0 radical (unpaired) electrons. The third kappa shape index (κ3) is 3.08. The van der Waals surface area contributed by atoms with Crippen molar-refractivity contribution in [2.45, 2.75) is 6.92 Å². The summed E-state index contributed by atoms with van der Waals surface area (Å²) in [5, 5.41) is 2.04. The molecule has 58 valence electrons. The number of thiophene rings is 1. The van der Waals surface area contributed by atoms with E-state index in [1.54, 1.807) is 17.6 Å². The summed E-state index contributed by atoms with van der Waals surface area (Å²) in [6, 6.07) is 4.05. The van der Waals surface area contributed by atoms with Gasteiger partial charge in [0.25, 0.3) is 0 Å². The largest absolute Gasteiger partial charge is 0.493 e. The standard InChI is InChI=1S/C9H10OS/c1-2-10-7-3-5-9-6-4-8-11-9/h4-8H,2H2,1H3. The first-order valence-electron chi connectivity index (χ1n) is 3.49. The molecule has 0 amide bonds. The third-order valence-corrected chi connectivity index (χ3v) is 1.91. The van der Waals surface area contributed by atoms with Gasteiger partial charge in [-0.15, -0.1) is 11.3 Å². The summed E-state index contributed by atoms with van der Waals surface area (Å²) in [6.45, 7) is 2.65. The van der Waals surface area contributed by atoms with Gasteiger partial charge in [-0.1, -0.05) is 11.8 Å². The Morgan fingerprint density at radius 1 is 1.73 bits per heavy atom. The van der Waals surface area contributed by atoms with Gasteiger partial charge in [0.2, 0.25) is 0 Å². The Morgan fingerprint density at radius 2 is 2.64 bits per heavy atom. The molecule has 1 aromatic rings. The number of hydrogen-bond donors (Lipinski definition) is 0. The van der Waals surface area contributed by atoms with Gasteiger partial charge < -0.3 is 4.74 Å². The second-order valence-corrected chi connectivity index (χ2v) is 2.88. The Morgan fingerprint density at radius 3 is 3.27 bits per heavy atom. The van der Waals surface area contributed by atoms with E-state index in [-0.39, 0.29) is 0 Å². The number of rotatable bonds is 3. The van der Waals surface area contributed by atoms with Crippen molar-refractivity contribution in [2.24, 2.45) is 0 Å². The summed E-state index contributed by atoms with van der Waals surface area (Å²) in [6.07, 6.45) is 3.49. The number of hydrogen-bond acceptors (Lipinski definition) is 2. The lowest BCUT2D eigenvalue weighted by Crippen LogP contribution is -1.73. The molecule has 0 fully saturated rings. The fraction of sp³-hybridized carbons (Fsp3) is 0.222. The van der Waals surface area contributed by atoms with Crippen LogP contribution in [0.25, 0.3) is 6.08 Å². The van der Waals surface area contributed by atoms with Gasteiger partial charge in [-0.3, -0.25) is 0 Å². The topological polar surface area (TPSA) is 9.23 Å². The van der Waals surface area contributed by atoms with E-state index in [2.05, 4.69) is 5.73 Å². The van der Waals surface area contributed by atoms with Crippen molar-refractivity contribution in [3.05, 3.63) is 34.4 Å². The molecular weight excluding hydrogens is 156 g/mol. The minimum atomic E-state index is 0.700. The number of ether oxygens (including phenoxy) is 1. The molecule has 1 aromatic heterocycles. The summed E-state index contributed by atoms with van der Waals surface area (Å²) < 4.78 is 4.97. The molecule has 1 nitrogen and oxygen atoms in total. The maximum Gasteiger partial charge on any atom is 0.125 e. The minimum Gasteiger partial charge on any atom is -0.493 e. The molecule has 1 rings (SSSR count). The lowest BCUT2D eigenvalue weighted by molar-refractivity contribution is 0.270. The molecule has 0 spiro atoms. The lowest BCUT2D eigenvalue weighted by atomic mass is 10.4. The van der Waals surface area contributed by atoms with E-state index in [9.17, 15) is 0 Å². The maximum absolute atomic E-state index is 4.97. The molecule has 0 aliphatic rings. The summed E-state index contributed by atoms with van der Waals surface area (Å²) in [7, 11) is 0. The molecule has 0 saturated carbocycles. The van der Waals surface area contributed by atoms with E-state index < -0.39 is 0 Å². The van der Waals surface area contributed by atoms with Crippen LogP contribution in [0.4, 0.5) is 0 Å². The molecule has 0 atom stereocenters. The molecule has 0 aliphatic carbocycles. The zero-order valence-electron chi connectivity index (χ0n) is 6.41. The molecule has 0 N–H and O–H groups in total. The van der Waals surface area contributed by atoms with Gasteiger partial charge in [-0.2, -0.15) is 0 Å². The highest BCUT2D eigenvalue weighted by molar-refractivity contribution is 7.10. The van der Waals surface area contributed by atoms with Crippen LogP contribution in [0.3, 0.4) is 0 Å². The molecule has 0 aliphatic heterocycles. The first-order chi connectivity index (χ1) is 5.43. The average Bonchev–Trinajstić information content (AvgIpc) is 2.50. The Kier molecular flexibility index (Phi) is 3.53. The SMILES string of the molecule is CCOC=C=Cc1cccs1. The summed E-state index contributed by atoms with van der Waals surface area (Å²) in [4.78, 5) is 1.20. The van der Waals surface area contributed by atoms with Gasteiger partial charge in [0, 0.05) is 11.0 Å². The summed E-state index contributed by atoms with van der Waals surface area (Å²) >= 11 is 1.69. The second kappa shape index (κ2) is 4.78. The molecule has 2 heteroatoms. The Hall–Kier alpha value is -0.980. The third-order valence-electron chi connectivity index (χ3n) is 1.09. The fourth-order valence-electron chi connectivity index (χ4n) is 0.621. The molecule has 0 unspecified atom stereocenters. The van der Waals surface area contributed by atoms with Crippen molar-refractivity contribution < 1.29 is 4.74 Å². The maximum atomic E-state index is 4.97. The van der Waals surface area contributed by atoms with E-state index in [4.69, 9.17) is 4.74 Å². The van der Waals surface area contributed by atoms with Gasteiger partial charge in [-0.05, 0) is 18.4 Å². The lowest BCUT2D eigenvalue weighted by Gasteiger charge is -1.85. The molecular formula is C9H10OS. The highest BCUT2D eigenvalue weighted by atomic mass is 32.1. The summed E-state index contributed by atoms with van der Waals surface area (Å²) in [5.41, 5.74) is 2.93. The van der Waals surface area contributed by atoms with Gasteiger partial charge in [0.1, 0.15) is 6.26 Å². The monoisotopic (exact) mass is 166 g/mol. The van der Waals surface area contributed by atoms with Gasteiger partial charge >= 0.3 is 0 Å². The zero-order valence-corrected chi connectivity index (χ0v) is 7.23. The van der Waals surface area contributed by atoms with Crippen LogP contribution in [0, 0.1) is 0 Å². The van der Waals surface area contributed by atoms with Crippen LogP contribution in [0.1, 0.15) is 11.8 Å². The Balaban J connectivity index is 2.48. The highest BCUT2D eigenvalue weighted by Crippen LogP contribution is 2.08. The van der Waals surface area contributed by atoms with Crippen LogP contribution < -0.4 is 0 Å². The van der Waals surface area contributed by atoms with Gasteiger partial charge in [0.15, 0.2) is 0 Å². The normalized spacial score (nSPS) is 8.45. The Labute approximate surface area is 70.6 Å². The van der Waals surface area contributed by atoms with Crippen molar-refractivity contribution in [1.29, 1.82) is 0 Å². The molecule has 0 saturated heterocycles. The quantitative estimate of drug-likeness (QED) is 0.495. The van der Waals surface area contributed by atoms with Crippen LogP contribution in [0.2, 0.25) is 0 Å². The van der Waals surface area contributed by atoms with Crippen LogP contribution in [-0.2, 0) is 4.74 Å². The Bertz CT molecular complexity index is 243. The van der Waals surface area contributed by atoms with Gasteiger partial charge in [0.05, 0.1) is 6.61 Å². The van der Waals surface area contributed by atoms with Gasteiger partial charge in [-0.25, -0.2) is 0 Å². The van der Waals surface area contributed by atoms with Crippen LogP contribution >= 0.6 is 11.3 Å².